The topological polar surface area (TPSA) is 43.4 Å². The second-order valence-corrected chi connectivity index (χ2v) is 4.06. The molecule has 4 heteroatoms. The van der Waals surface area contributed by atoms with Gasteiger partial charge in [0, 0.05) is 0 Å². The van der Waals surface area contributed by atoms with Crippen LogP contribution in [0.4, 0.5) is 0 Å². The van der Waals surface area contributed by atoms with Crippen molar-refractivity contribution in [1.29, 1.82) is 0 Å². The molecule has 0 aliphatic heterocycles. The molecule has 0 aliphatic rings. The summed E-state index contributed by atoms with van der Waals surface area (Å²) in [5.74, 6) is 1.10. The molecule has 15 heavy (non-hydrogen) atoms. The number of carbonyl (C=O) groups excluding carboxylic acids is 1. The van der Waals surface area contributed by atoms with Crippen molar-refractivity contribution >= 4 is 21.7 Å². The van der Waals surface area contributed by atoms with Gasteiger partial charge in [0.15, 0.2) is 16.2 Å². The zero-order valence-corrected chi connectivity index (χ0v) is 9.92. The standard InChI is InChI=1S/C11H9BrO3/c1-6-5-9(14-7(6)2)11(13)8-3-4-10(12)15-8/h3-5H,1-2H3. The molecule has 0 unspecified atom stereocenters. The molecular weight excluding hydrogens is 260 g/mol. The Balaban J connectivity index is 2.36. The van der Waals surface area contributed by atoms with E-state index in [-0.39, 0.29) is 11.5 Å². The Bertz CT molecular complexity index is 488. The predicted molar refractivity (Wildman–Crippen MR) is 58.0 cm³/mol. The van der Waals surface area contributed by atoms with Gasteiger partial charge in [-0.2, -0.15) is 0 Å². The van der Waals surface area contributed by atoms with Gasteiger partial charge in [-0.25, -0.2) is 0 Å². The summed E-state index contributed by atoms with van der Waals surface area (Å²) in [5, 5.41) is 0. The number of ketones is 1. The molecule has 0 saturated heterocycles. The van der Waals surface area contributed by atoms with Crippen LogP contribution in [0.25, 0.3) is 0 Å². The van der Waals surface area contributed by atoms with Crippen molar-refractivity contribution in [3.63, 3.8) is 0 Å². The largest absolute Gasteiger partial charge is 0.457 e. The first kappa shape index (κ1) is 10.2. The van der Waals surface area contributed by atoms with Crippen LogP contribution in [0.15, 0.2) is 31.7 Å². The number of carbonyl (C=O) groups is 1. The number of hydrogen-bond donors (Lipinski definition) is 0. The maximum atomic E-state index is 11.8. The van der Waals surface area contributed by atoms with Gasteiger partial charge in [0.2, 0.25) is 0 Å². The summed E-state index contributed by atoms with van der Waals surface area (Å²) in [6.45, 7) is 3.72. The molecule has 2 aromatic rings. The van der Waals surface area contributed by atoms with Gasteiger partial charge in [0.25, 0.3) is 5.78 Å². The summed E-state index contributed by atoms with van der Waals surface area (Å²) in [7, 11) is 0. The van der Waals surface area contributed by atoms with E-state index in [1.165, 1.54) is 0 Å². The zero-order valence-electron chi connectivity index (χ0n) is 8.33. The Morgan fingerprint density at radius 3 is 2.40 bits per heavy atom. The fraction of sp³-hybridized carbons (Fsp3) is 0.182. The first-order chi connectivity index (χ1) is 7.08. The number of halogens is 1. The van der Waals surface area contributed by atoms with Crippen LogP contribution in [-0.4, -0.2) is 5.78 Å². The van der Waals surface area contributed by atoms with Crippen molar-refractivity contribution < 1.29 is 13.6 Å². The van der Waals surface area contributed by atoms with Crippen LogP contribution in [0.2, 0.25) is 0 Å². The van der Waals surface area contributed by atoms with Crippen molar-refractivity contribution in [1.82, 2.24) is 0 Å². The van der Waals surface area contributed by atoms with Crippen LogP contribution in [-0.2, 0) is 0 Å². The summed E-state index contributed by atoms with van der Waals surface area (Å²) in [5.41, 5.74) is 0.962. The minimum absolute atomic E-state index is 0.239. The molecular formula is C11H9BrO3. The molecule has 0 amide bonds. The molecule has 0 radical (unpaired) electrons. The lowest BCUT2D eigenvalue weighted by Crippen LogP contribution is -1.96. The molecule has 78 valence electrons. The van der Waals surface area contributed by atoms with E-state index in [0.29, 0.717) is 10.4 Å². The van der Waals surface area contributed by atoms with Gasteiger partial charge in [-0.05, 0) is 53.5 Å². The van der Waals surface area contributed by atoms with Crippen LogP contribution < -0.4 is 0 Å². The predicted octanol–water partition coefficient (Wildman–Crippen LogP) is 3.48. The molecule has 0 spiro atoms. The van der Waals surface area contributed by atoms with E-state index in [0.717, 1.165) is 11.3 Å². The number of furan rings is 2. The van der Waals surface area contributed by atoms with E-state index < -0.39 is 0 Å². The van der Waals surface area contributed by atoms with Gasteiger partial charge in [0.1, 0.15) is 5.76 Å². The molecule has 0 bridgehead atoms. The van der Waals surface area contributed by atoms with Crippen molar-refractivity contribution in [3.8, 4) is 0 Å². The molecule has 0 aromatic carbocycles. The van der Waals surface area contributed by atoms with E-state index >= 15 is 0 Å². The maximum absolute atomic E-state index is 11.8. The van der Waals surface area contributed by atoms with Crippen LogP contribution in [0.3, 0.4) is 0 Å². The van der Waals surface area contributed by atoms with E-state index in [1.807, 2.05) is 13.8 Å². The second-order valence-electron chi connectivity index (χ2n) is 3.28. The Morgan fingerprint density at radius 2 is 1.93 bits per heavy atom. The van der Waals surface area contributed by atoms with Gasteiger partial charge < -0.3 is 8.83 Å². The van der Waals surface area contributed by atoms with E-state index in [4.69, 9.17) is 8.83 Å². The van der Waals surface area contributed by atoms with Crippen LogP contribution in [0.1, 0.15) is 27.6 Å². The van der Waals surface area contributed by atoms with Gasteiger partial charge in [0.05, 0.1) is 0 Å². The van der Waals surface area contributed by atoms with Gasteiger partial charge in [-0.15, -0.1) is 0 Å². The molecule has 0 saturated carbocycles. The average molecular weight is 269 g/mol. The van der Waals surface area contributed by atoms with Crippen LogP contribution in [0, 0.1) is 13.8 Å². The van der Waals surface area contributed by atoms with E-state index in [9.17, 15) is 4.79 Å². The smallest absolute Gasteiger partial charge is 0.263 e. The Kier molecular flexibility index (Phi) is 2.52. The third kappa shape index (κ3) is 1.90. The summed E-state index contributed by atoms with van der Waals surface area (Å²) >= 11 is 3.14. The Morgan fingerprint density at radius 1 is 1.20 bits per heavy atom. The lowest BCUT2D eigenvalue weighted by atomic mass is 10.2. The number of rotatable bonds is 2. The minimum Gasteiger partial charge on any atom is -0.457 e. The maximum Gasteiger partial charge on any atom is 0.263 e. The van der Waals surface area contributed by atoms with Crippen LogP contribution in [0.5, 0.6) is 0 Å². The second kappa shape index (κ2) is 3.70. The third-order valence-electron chi connectivity index (χ3n) is 2.19. The van der Waals surface area contributed by atoms with Crippen LogP contribution >= 0.6 is 15.9 Å². The average Bonchev–Trinajstić information content (AvgIpc) is 2.74. The summed E-state index contributed by atoms with van der Waals surface area (Å²) in [4.78, 5) is 11.8. The fourth-order valence-corrected chi connectivity index (χ4v) is 1.55. The first-order valence-corrected chi connectivity index (χ1v) is 5.24. The summed E-state index contributed by atoms with van der Waals surface area (Å²) < 4.78 is 11.0. The van der Waals surface area contributed by atoms with Gasteiger partial charge in [-0.3, -0.25) is 4.79 Å². The highest BCUT2D eigenvalue weighted by Gasteiger charge is 2.17. The third-order valence-corrected chi connectivity index (χ3v) is 2.61. The van der Waals surface area contributed by atoms with Gasteiger partial charge in [-0.1, -0.05) is 0 Å². The quantitative estimate of drug-likeness (QED) is 0.784. The van der Waals surface area contributed by atoms with Crippen molar-refractivity contribution in [2.45, 2.75) is 13.8 Å². The normalized spacial score (nSPS) is 10.6. The highest BCUT2D eigenvalue weighted by atomic mass is 79.9. The molecule has 0 atom stereocenters. The lowest BCUT2D eigenvalue weighted by Gasteiger charge is -1.90. The Labute approximate surface area is 95.2 Å². The van der Waals surface area contributed by atoms with Gasteiger partial charge >= 0.3 is 0 Å². The van der Waals surface area contributed by atoms with E-state index in [2.05, 4.69) is 15.9 Å². The SMILES string of the molecule is Cc1cc(C(=O)c2ccc(Br)o2)oc1C. The number of hydrogen-bond acceptors (Lipinski definition) is 3. The molecule has 2 aromatic heterocycles. The minimum atomic E-state index is -0.239. The highest BCUT2D eigenvalue weighted by Crippen LogP contribution is 2.20. The molecule has 2 rings (SSSR count). The zero-order chi connectivity index (χ0) is 11.0. The Hall–Kier alpha value is -1.29. The van der Waals surface area contributed by atoms with Crippen molar-refractivity contribution in [2.75, 3.05) is 0 Å². The molecule has 0 N–H and O–H groups in total. The molecule has 0 fully saturated rings. The molecule has 2 heterocycles. The van der Waals surface area contributed by atoms with Crippen molar-refractivity contribution in [2.24, 2.45) is 0 Å². The fourth-order valence-electron chi connectivity index (χ4n) is 1.24. The lowest BCUT2D eigenvalue weighted by molar-refractivity contribution is 0.0980. The molecule has 0 aliphatic carbocycles. The molecule has 3 nitrogen and oxygen atoms in total. The first-order valence-electron chi connectivity index (χ1n) is 4.45. The highest BCUT2D eigenvalue weighted by molar-refractivity contribution is 9.10. The number of aryl methyl sites for hydroxylation is 2. The summed E-state index contributed by atoms with van der Waals surface area (Å²) in [6.07, 6.45) is 0. The monoisotopic (exact) mass is 268 g/mol. The van der Waals surface area contributed by atoms with E-state index in [1.54, 1.807) is 18.2 Å². The van der Waals surface area contributed by atoms with Crippen molar-refractivity contribution in [3.05, 3.63) is 45.7 Å². The summed E-state index contributed by atoms with van der Waals surface area (Å²) in [6, 6.07) is 5.00.